The molecule has 2 heterocycles. The van der Waals surface area contributed by atoms with Gasteiger partial charge in [-0.2, -0.15) is 0 Å². The van der Waals surface area contributed by atoms with Crippen molar-refractivity contribution in [2.45, 2.75) is 12.8 Å². The number of allylic oxidation sites excluding steroid dienone is 1. The van der Waals surface area contributed by atoms with Gasteiger partial charge in [0.25, 0.3) is 0 Å². The molecule has 0 atom stereocenters. The summed E-state index contributed by atoms with van der Waals surface area (Å²) < 4.78 is 10.3. The Morgan fingerprint density at radius 1 is 1.31 bits per heavy atom. The number of carbonyl (C=O) groups excluding carboxylic acids is 2. The summed E-state index contributed by atoms with van der Waals surface area (Å²) in [4.78, 5) is 26.9. The van der Waals surface area contributed by atoms with Crippen LogP contribution in [0.3, 0.4) is 0 Å². The van der Waals surface area contributed by atoms with Gasteiger partial charge in [-0.1, -0.05) is 0 Å². The van der Waals surface area contributed by atoms with E-state index in [1.165, 1.54) is 12.3 Å². The van der Waals surface area contributed by atoms with Crippen LogP contribution in [0.15, 0.2) is 53.3 Å². The largest absolute Gasteiger partial charge is 0.497 e. The second-order valence-corrected chi connectivity index (χ2v) is 5.82. The lowest BCUT2D eigenvalue weighted by atomic mass is 10.1. The maximum absolute atomic E-state index is 11.9. The Kier molecular flexibility index (Phi) is 5.53. The van der Waals surface area contributed by atoms with Crippen LogP contribution in [0.1, 0.15) is 17.7 Å². The number of furan rings is 1. The summed E-state index contributed by atoms with van der Waals surface area (Å²) in [6.45, 7) is 0.457. The van der Waals surface area contributed by atoms with Gasteiger partial charge in [0.1, 0.15) is 11.5 Å². The van der Waals surface area contributed by atoms with Crippen LogP contribution in [0.2, 0.25) is 0 Å². The molecule has 0 spiro atoms. The summed E-state index contributed by atoms with van der Waals surface area (Å²) in [5, 5.41) is 3.84. The predicted octanol–water partition coefficient (Wildman–Crippen LogP) is 3.10. The number of hydrogen-bond acceptors (Lipinski definition) is 4. The third-order valence-electron chi connectivity index (χ3n) is 4.00. The van der Waals surface area contributed by atoms with Crippen LogP contribution in [-0.2, 0) is 16.0 Å². The fourth-order valence-corrected chi connectivity index (χ4v) is 2.67. The molecule has 0 saturated heterocycles. The van der Waals surface area contributed by atoms with Crippen LogP contribution in [0, 0.1) is 0 Å². The minimum Gasteiger partial charge on any atom is -0.497 e. The van der Waals surface area contributed by atoms with Crippen molar-refractivity contribution in [2.75, 3.05) is 13.7 Å². The first kappa shape index (κ1) is 17.5. The monoisotopic (exact) mass is 352 g/mol. The van der Waals surface area contributed by atoms with E-state index in [9.17, 15) is 9.59 Å². The molecule has 0 fully saturated rings. The van der Waals surface area contributed by atoms with Crippen LogP contribution >= 0.6 is 0 Å². The number of rotatable bonds is 8. The molecule has 6 heteroatoms. The summed E-state index contributed by atoms with van der Waals surface area (Å²) >= 11 is 0. The van der Waals surface area contributed by atoms with E-state index in [0.717, 1.165) is 22.2 Å². The van der Waals surface area contributed by atoms with Gasteiger partial charge in [-0.3, -0.25) is 9.59 Å². The Labute approximate surface area is 150 Å². The normalized spacial score (nSPS) is 11.1. The number of amides is 1. The molecule has 134 valence electrons. The quantitative estimate of drug-likeness (QED) is 0.482. The number of ketones is 1. The maximum Gasteiger partial charge on any atom is 0.227 e. The minimum atomic E-state index is -0.295. The van der Waals surface area contributed by atoms with Crippen molar-refractivity contribution in [3.8, 4) is 5.75 Å². The van der Waals surface area contributed by atoms with E-state index in [2.05, 4.69) is 10.3 Å². The van der Waals surface area contributed by atoms with Crippen LogP contribution in [0.25, 0.3) is 17.0 Å². The Hall–Kier alpha value is -3.28. The van der Waals surface area contributed by atoms with Crippen molar-refractivity contribution in [3.05, 3.63) is 60.2 Å². The molecule has 1 amide bonds. The van der Waals surface area contributed by atoms with Crippen molar-refractivity contribution < 1.29 is 18.7 Å². The van der Waals surface area contributed by atoms with Crippen molar-refractivity contribution >= 4 is 28.7 Å². The molecule has 0 saturated carbocycles. The summed E-state index contributed by atoms with van der Waals surface area (Å²) in [6, 6.07) is 9.29. The van der Waals surface area contributed by atoms with Gasteiger partial charge in [0.05, 0.1) is 19.8 Å². The van der Waals surface area contributed by atoms with E-state index in [1.54, 1.807) is 25.3 Å². The van der Waals surface area contributed by atoms with Crippen LogP contribution < -0.4 is 10.1 Å². The number of nitrogens with one attached hydrogen (secondary N) is 2. The number of methoxy groups -OCH3 is 1. The molecule has 0 unspecified atom stereocenters. The molecule has 2 N–H and O–H groups in total. The lowest BCUT2D eigenvalue weighted by molar-refractivity contribution is -0.126. The molecule has 6 nitrogen and oxygen atoms in total. The summed E-state index contributed by atoms with van der Waals surface area (Å²) in [5.74, 6) is 0.803. The number of aromatic nitrogens is 1. The fourth-order valence-electron chi connectivity index (χ4n) is 2.67. The van der Waals surface area contributed by atoms with Crippen LogP contribution in [-0.4, -0.2) is 30.3 Å². The molecule has 0 bridgehead atoms. The maximum atomic E-state index is 11.9. The van der Waals surface area contributed by atoms with E-state index >= 15 is 0 Å². The number of benzene rings is 1. The van der Waals surface area contributed by atoms with Crippen LogP contribution in [0.4, 0.5) is 0 Å². The number of carbonyl (C=O) groups is 2. The van der Waals surface area contributed by atoms with Gasteiger partial charge in [-0.15, -0.1) is 0 Å². The molecule has 26 heavy (non-hydrogen) atoms. The molecule has 3 aromatic rings. The number of ether oxygens (including phenoxy) is 1. The number of H-pyrrole nitrogens is 1. The third-order valence-corrected chi connectivity index (χ3v) is 4.00. The SMILES string of the molecule is COc1ccc2[nH]cc(CCNC(=O)CC(=O)/C=C/c3ccco3)c2c1. The van der Waals surface area contributed by atoms with Gasteiger partial charge in [-0.25, -0.2) is 0 Å². The van der Waals surface area contributed by atoms with Crippen molar-refractivity contribution in [1.29, 1.82) is 0 Å². The van der Waals surface area contributed by atoms with Gasteiger partial charge < -0.3 is 19.5 Å². The van der Waals surface area contributed by atoms with Crippen molar-refractivity contribution in [3.63, 3.8) is 0 Å². The lowest BCUT2D eigenvalue weighted by Gasteiger charge is -2.04. The first-order valence-electron chi connectivity index (χ1n) is 8.31. The van der Waals surface area contributed by atoms with Crippen molar-refractivity contribution in [2.24, 2.45) is 0 Å². The Balaban J connectivity index is 1.48. The fraction of sp³-hybridized carbons (Fsp3) is 0.200. The topological polar surface area (TPSA) is 84.3 Å². The zero-order chi connectivity index (χ0) is 18.4. The van der Waals surface area contributed by atoms with Gasteiger partial charge in [0.2, 0.25) is 5.91 Å². The van der Waals surface area contributed by atoms with Gasteiger partial charge in [-0.05, 0) is 54.5 Å². The lowest BCUT2D eigenvalue weighted by Crippen LogP contribution is -2.27. The van der Waals surface area contributed by atoms with Crippen LogP contribution in [0.5, 0.6) is 5.75 Å². The smallest absolute Gasteiger partial charge is 0.227 e. The average Bonchev–Trinajstić information content (AvgIpc) is 3.29. The van der Waals surface area contributed by atoms with Gasteiger partial charge >= 0.3 is 0 Å². The zero-order valence-electron chi connectivity index (χ0n) is 14.5. The molecule has 0 aliphatic heterocycles. The second kappa shape index (κ2) is 8.20. The number of fused-ring (bicyclic) bond motifs is 1. The van der Waals surface area contributed by atoms with E-state index < -0.39 is 0 Å². The third kappa shape index (κ3) is 4.42. The Bertz CT molecular complexity index is 923. The van der Waals surface area contributed by atoms with E-state index in [1.807, 2.05) is 24.4 Å². The molecule has 0 aliphatic rings. The first-order chi connectivity index (χ1) is 12.7. The molecule has 3 rings (SSSR count). The van der Waals surface area contributed by atoms with E-state index in [4.69, 9.17) is 9.15 Å². The predicted molar refractivity (Wildman–Crippen MR) is 98.9 cm³/mol. The summed E-state index contributed by atoms with van der Waals surface area (Å²) in [7, 11) is 1.63. The summed E-state index contributed by atoms with van der Waals surface area (Å²) in [6.07, 6.45) is 6.83. The molecular formula is C20H20N2O4. The highest BCUT2D eigenvalue weighted by Crippen LogP contribution is 2.23. The highest BCUT2D eigenvalue weighted by Gasteiger charge is 2.08. The number of aromatic amines is 1. The molecule has 1 aromatic carbocycles. The standard InChI is InChI=1S/C20H20N2O4/c1-25-17-6-7-19-18(12-17)14(13-22-19)8-9-21-20(24)11-15(23)4-5-16-3-2-10-26-16/h2-7,10,12-13,22H,8-9,11H2,1H3,(H,21,24)/b5-4+. The van der Waals surface area contributed by atoms with Gasteiger partial charge in [0.15, 0.2) is 5.78 Å². The summed E-state index contributed by atoms with van der Waals surface area (Å²) in [5.41, 5.74) is 2.11. The zero-order valence-corrected chi connectivity index (χ0v) is 14.5. The van der Waals surface area contributed by atoms with E-state index in [-0.39, 0.29) is 18.1 Å². The van der Waals surface area contributed by atoms with Gasteiger partial charge in [0, 0.05) is 23.6 Å². The molecular weight excluding hydrogens is 332 g/mol. The Morgan fingerprint density at radius 2 is 2.19 bits per heavy atom. The highest BCUT2D eigenvalue weighted by molar-refractivity contribution is 6.05. The average molecular weight is 352 g/mol. The highest BCUT2D eigenvalue weighted by atomic mass is 16.5. The molecule has 0 aliphatic carbocycles. The first-order valence-corrected chi connectivity index (χ1v) is 8.31. The molecule has 2 aromatic heterocycles. The second-order valence-electron chi connectivity index (χ2n) is 5.82. The minimum absolute atomic E-state index is 0.182. The molecule has 0 radical (unpaired) electrons. The Morgan fingerprint density at radius 3 is 2.96 bits per heavy atom. The van der Waals surface area contributed by atoms with E-state index in [0.29, 0.717) is 18.7 Å². The van der Waals surface area contributed by atoms with Crippen molar-refractivity contribution in [1.82, 2.24) is 10.3 Å². The number of hydrogen-bond donors (Lipinski definition) is 2.